The summed E-state index contributed by atoms with van der Waals surface area (Å²) in [5.41, 5.74) is 0.226. The molecule has 0 unspecified atom stereocenters. The van der Waals surface area contributed by atoms with Crippen molar-refractivity contribution in [1.29, 1.82) is 0 Å². The number of hydrogen-bond donors (Lipinski definition) is 1. The maximum atomic E-state index is 13.0. The highest BCUT2D eigenvalue weighted by Gasteiger charge is 2.17. The summed E-state index contributed by atoms with van der Waals surface area (Å²) in [4.78, 5) is 21.4. The Kier molecular flexibility index (Phi) is 4.28. The molecule has 6 nitrogen and oxygen atoms in total. The maximum Gasteiger partial charge on any atom is 0.294 e. The summed E-state index contributed by atoms with van der Waals surface area (Å²) in [6.45, 7) is 0. The number of aryl methyl sites for hydroxylation is 1. The van der Waals surface area contributed by atoms with Crippen LogP contribution in [-0.4, -0.2) is 20.6 Å². The Morgan fingerprint density at radius 3 is 2.69 bits per heavy atom. The molecule has 1 fully saturated rings. The lowest BCUT2D eigenvalue weighted by Crippen LogP contribution is -2.21. The highest BCUT2D eigenvalue weighted by Crippen LogP contribution is 2.24. The second-order valence-corrected chi connectivity index (χ2v) is 6.53. The van der Waals surface area contributed by atoms with E-state index in [9.17, 15) is 9.18 Å². The molecule has 0 atom stereocenters. The molecule has 0 aliphatic heterocycles. The summed E-state index contributed by atoms with van der Waals surface area (Å²) in [5.74, 6) is 0.709. The number of nitrogens with zero attached hydrogens (tertiary/aromatic N) is 3. The van der Waals surface area contributed by atoms with Gasteiger partial charge in [0.2, 0.25) is 5.95 Å². The fourth-order valence-corrected chi connectivity index (χ4v) is 3.24. The van der Waals surface area contributed by atoms with Crippen LogP contribution < -0.4 is 15.6 Å². The summed E-state index contributed by atoms with van der Waals surface area (Å²) < 4.78 is 20.1. The third-order valence-electron chi connectivity index (χ3n) is 4.65. The molecule has 1 aliphatic rings. The van der Waals surface area contributed by atoms with Crippen molar-refractivity contribution in [2.75, 3.05) is 5.32 Å². The molecule has 2 aromatic heterocycles. The van der Waals surface area contributed by atoms with E-state index in [1.54, 1.807) is 19.3 Å². The van der Waals surface area contributed by atoms with Gasteiger partial charge in [0.1, 0.15) is 17.2 Å². The number of hydrogen-bond acceptors (Lipinski definition) is 5. The number of fused-ring (bicyclic) bond motifs is 1. The highest BCUT2D eigenvalue weighted by molar-refractivity contribution is 5.76. The zero-order valence-corrected chi connectivity index (χ0v) is 14.4. The lowest BCUT2D eigenvalue weighted by Gasteiger charge is -2.13. The van der Waals surface area contributed by atoms with E-state index in [1.807, 2.05) is 0 Å². The van der Waals surface area contributed by atoms with Gasteiger partial charge in [0.25, 0.3) is 5.56 Å². The minimum absolute atomic E-state index is 0.145. The number of pyridine rings is 1. The van der Waals surface area contributed by atoms with Crippen LogP contribution >= 0.6 is 0 Å². The summed E-state index contributed by atoms with van der Waals surface area (Å²) in [7, 11) is 1.65. The van der Waals surface area contributed by atoms with E-state index in [4.69, 9.17) is 4.74 Å². The molecule has 1 aromatic carbocycles. The molecular weight excluding hydrogens is 335 g/mol. The molecule has 0 bridgehead atoms. The summed E-state index contributed by atoms with van der Waals surface area (Å²) in [5, 5.41) is 4.03. The second-order valence-electron chi connectivity index (χ2n) is 6.53. The normalized spacial score (nSPS) is 14.7. The van der Waals surface area contributed by atoms with Crippen molar-refractivity contribution in [3.05, 3.63) is 52.7 Å². The molecule has 0 amide bonds. The van der Waals surface area contributed by atoms with Gasteiger partial charge in [0, 0.05) is 24.7 Å². The molecule has 1 saturated carbocycles. The summed E-state index contributed by atoms with van der Waals surface area (Å²) in [6, 6.07) is 7.52. The number of anilines is 1. The van der Waals surface area contributed by atoms with Gasteiger partial charge in [-0.05, 0) is 43.2 Å². The minimum Gasteiger partial charge on any atom is -0.452 e. The van der Waals surface area contributed by atoms with Gasteiger partial charge in [0.15, 0.2) is 5.75 Å². The van der Waals surface area contributed by atoms with E-state index in [-0.39, 0.29) is 17.1 Å². The lowest BCUT2D eigenvalue weighted by molar-refractivity contribution is 0.470. The van der Waals surface area contributed by atoms with Crippen LogP contribution in [0.4, 0.5) is 10.3 Å². The zero-order chi connectivity index (χ0) is 18.1. The van der Waals surface area contributed by atoms with Crippen molar-refractivity contribution in [3.8, 4) is 11.5 Å². The van der Waals surface area contributed by atoms with Gasteiger partial charge in [-0.2, -0.15) is 4.98 Å². The van der Waals surface area contributed by atoms with Crippen LogP contribution in [0.15, 0.2) is 41.3 Å². The lowest BCUT2D eigenvalue weighted by atomic mass is 10.2. The monoisotopic (exact) mass is 354 g/mol. The van der Waals surface area contributed by atoms with Crippen molar-refractivity contribution < 1.29 is 9.13 Å². The molecule has 3 aromatic rings. The third kappa shape index (κ3) is 3.24. The molecule has 7 heteroatoms. The fraction of sp³-hybridized carbons (Fsp3) is 0.316. The number of aromatic nitrogens is 3. The van der Waals surface area contributed by atoms with Crippen molar-refractivity contribution in [2.45, 2.75) is 31.7 Å². The van der Waals surface area contributed by atoms with Crippen molar-refractivity contribution in [2.24, 2.45) is 7.05 Å². The summed E-state index contributed by atoms with van der Waals surface area (Å²) in [6.07, 6.45) is 6.34. The van der Waals surface area contributed by atoms with Gasteiger partial charge in [0.05, 0.1) is 0 Å². The van der Waals surface area contributed by atoms with Crippen LogP contribution in [0.1, 0.15) is 25.7 Å². The van der Waals surface area contributed by atoms with Gasteiger partial charge >= 0.3 is 0 Å². The first-order chi connectivity index (χ1) is 12.6. The van der Waals surface area contributed by atoms with E-state index in [2.05, 4.69) is 15.3 Å². The van der Waals surface area contributed by atoms with Crippen LogP contribution in [0.3, 0.4) is 0 Å². The predicted molar refractivity (Wildman–Crippen MR) is 97.1 cm³/mol. The standard InChI is InChI=1S/C19H19FN4O2/c1-24-17-12(11-21-19(23-17)22-14-4-2-3-5-14)10-16(18(24)25)26-15-8-6-13(20)7-9-15/h6-11,14H,2-5H2,1H3,(H,21,22,23). The van der Waals surface area contributed by atoms with Gasteiger partial charge in [-0.15, -0.1) is 0 Å². The average Bonchev–Trinajstić information content (AvgIpc) is 3.15. The smallest absolute Gasteiger partial charge is 0.294 e. The fourth-order valence-electron chi connectivity index (χ4n) is 3.24. The third-order valence-corrected chi connectivity index (χ3v) is 4.65. The van der Waals surface area contributed by atoms with Crippen molar-refractivity contribution >= 4 is 17.0 Å². The minimum atomic E-state index is -0.362. The Hall–Kier alpha value is -2.96. The zero-order valence-electron chi connectivity index (χ0n) is 14.4. The van der Waals surface area contributed by atoms with E-state index in [0.29, 0.717) is 28.8 Å². The van der Waals surface area contributed by atoms with Crippen molar-refractivity contribution in [1.82, 2.24) is 14.5 Å². The van der Waals surface area contributed by atoms with Crippen LogP contribution in [0.2, 0.25) is 0 Å². The van der Waals surface area contributed by atoms with Crippen molar-refractivity contribution in [3.63, 3.8) is 0 Å². The van der Waals surface area contributed by atoms with Crippen LogP contribution in [0, 0.1) is 5.82 Å². The molecule has 2 heterocycles. The number of rotatable bonds is 4. The van der Waals surface area contributed by atoms with Gasteiger partial charge in [-0.25, -0.2) is 9.37 Å². The molecule has 0 saturated heterocycles. The molecule has 26 heavy (non-hydrogen) atoms. The second kappa shape index (κ2) is 6.74. The molecular formula is C19H19FN4O2. The molecule has 1 N–H and O–H groups in total. The average molecular weight is 354 g/mol. The maximum absolute atomic E-state index is 13.0. The molecule has 0 radical (unpaired) electrons. The molecule has 134 valence electrons. The highest BCUT2D eigenvalue weighted by atomic mass is 19.1. The Morgan fingerprint density at radius 1 is 1.23 bits per heavy atom. The first kappa shape index (κ1) is 16.5. The van der Waals surface area contributed by atoms with Crippen LogP contribution in [0.25, 0.3) is 11.0 Å². The van der Waals surface area contributed by atoms with E-state index >= 15 is 0 Å². The molecule has 4 rings (SSSR count). The van der Waals surface area contributed by atoms with Crippen LogP contribution in [-0.2, 0) is 7.05 Å². The van der Waals surface area contributed by atoms with E-state index in [0.717, 1.165) is 12.8 Å². The number of nitrogens with one attached hydrogen (secondary N) is 1. The van der Waals surface area contributed by atoms with Gasteiger partial charge in [-0.1, -0.05) is 12.8 Å². The predicted octanol–water partition coefficient (Wildman–Crippen LogP) is 3.61. The Labute approximate surface area is 149 Å². The Balaban J connectivity index is 1.67. The molecule has 0 spiro atoms. The van der Waals surface area contributed by atoms with Crippen LogP contribution in [0.5, 0.6) is 11.5 Å². The summed E-state index contributed by atoms with van der Waals surface area (Å²) >= 11 is 0. The van der Waals surface area contributed by atoms with E-state index < -0.39 is 0 Å². The SMILES string of the molecule is Cn1c(=O)c(Oc2ccc(F)cc2)cc2cnc(NC3CCCC3)nc21. The van der Waals surface area contributed by atoms with E-state index in [1.165, 1.54) is 41.7 Å². The number of benzene rings is 1. The first-order valence-corrected chi connectivity index (χ1v) is 8.67. The van der Waals surface area contributed by atoms with Gasteiger partial charge in [-0.3, -0.25) is 9.36 Å². The number of ether oxygens (including phenoxy) is 1. The molecule has 1 aliphatic carbocycles. The Morgan fingerprint density at radius 2 is 1.96 bits per heavy atom. The quantitative estimate of drug-likeness (QED) is 0.775. The number of halogens is 1. The Bertz CT molecular complexity index is 995. The largest absolute Gasteiger partial charge is 0.452 e. The van der Waals surface area contributed by atoms with Gasteiger partial charge < -0.3 is 10.1 Å². The topological polar surface area (TPSA) is 69.0 Å². The first-order valence-electron chi connectivity index (χ1n) is 8.67.